The molecule has 0 heterocycles. The molecule has 0 saturated carbocycles. The zero-order chi connectivity index (χ0) is 57.8. The average Bonchev–Trinajstić information content (AvgIpc) is 3.46. The van der Waals surface area contributed by atoms with E-state index in [0.717, 1.165) is 64.2 Å². The summed E-state index contributed by atoms with van der Waals surface area (Å²) in [4.78, 5) is 38.3. The van der Waals surface area contributed by atoms with Crippen molar-refractivity contribution in [3.05, 3.63) is 60.8 Å². The summed E-state index contributed by atoms with van der Waals surface area (Å²) in [6.45, 7) is 6.52. The molecule has 6 heteroatoms. The molecule has 466 valence electrons. The van der Waals surface area contributed by atoms with E-state index in [9.17, 15) is 14.4 Å². The van der Waals surface area contributed by atoms with Crippen LogP contribution in [-0.2, 0) is 28.6 Å². The number of allylic oxidation sites excluding steroid dienone is 10. The lowest BCUT2D eigenvalue weighted by molar-refractivity contribution is -0.166. The highest BCUT2D eigenvalue weighted by Crippen LogP contribution is 2.18. The van der Waals surface area contributed by atoms with E-state index >= 15 is 0 Å². The molecule has 0 spiro atoms. The highest BCUT2D eigenvalue weighted by atomic mass is 16.6. The molecule has 0 rings (SSSR count). The first kappa shape index (κ1) is 77.1. The normalized spacial score (nSPS) is 12.4. The first-order valence-electron chi connectivity index (χ1n) is 35.3. The molecule has 0 amide bonds. The van der Waals surface area contributed by atoms with Crippen LogP contribution in [0.1, 0.15) is 374 Å². The standard InChI is InChI=1S/C74H134O6/c1-4-7-10-13-16-19-22-25-27-29-31-33-34-35-36-37-38-39-41-42-44-46-49-52-55-58-61-64-67-73(76)79-70-71(69-78-72(75)66-63-60-57-54-51-48-24-21-18-15-12-9-6-3)80-74(77)68-65-62-59-56-53-50-47-45-43-40-32-30-28-26-23-20-17-14-11-8-5-2/h9,12,18,21,30,32,48,51,57,60,71H,4-8,10-11,13-17,19-20,22-29,31,33-47,49-50,52-56,58-59,61-70H2,1-3H3/b12-9-,21-18-,32-30-,51-48-,60-57-. The van der Waals surface area contributed by atoms with Crippen LogP contribution in [0.4, 0.5) is 0 Å². The van der Waals surface area contributed by atoms with Gasteiger partial charge in [0.15, 0.2) is 6.10 Å². The molecule has 0 fully saturated rings. The molecule has 0 aromatic rings. The summed E-state index contributed by atoms with van der Waals surface area (Å²) in [6, 6.07) is 0. The number of ether oxygens (including phenoxy) is 3. The van der Waals surface area contributed by atoms with Gasteiger partial charge in [0.2, 0.25) is 0 Å². The molecule has 0 saturated heterocycles. The molecule has 80 heavy (non-hydrogen) atoms. The van der Waals surface area contributed by atoms with Gasteiger partial charge in [0.1, 0.15) is 13.2 Å². The molecular weight excluding hydrogens is 985 g/mol. The Bertz CT molecular complexity index is 1430. The Labute approximate surface area is 498 Å². The van der Waals surface area contributed by atoms with Crippen molar-refractivity contribution >= 4 is 17.9 Å². The maximum Gasteiger partial charge on any atom is 0.306 e. The Kier molecular flexibility index (Phi) is 66.1. The van der Waals surface area contributed by atoms with Gasteiger partial charge in [-0.2, -0.15) is 0 Å². The van der Waals surface area contributed by atoms with Crippen LogP contribution < -0.4 is 0 Å². The molecule has 0 aromatic heterocycles. The highest BCUT2D eigenvalue weighted by Gasteiger charge is 2.19. The lowest BCUT2D eigenvalue weighted by Crippen LogP contribution is -2.30. The minimum absolute atomic E-state index is 0.0934. The molecule has 0 aliphatic rings. The molecular formula is C74H134O6. The van der Waals surface area contributed by atoms with Crippen LogP contribution in [0.3, 0.4) is 0 Å². The van der Waals surface area contributed by atoms with Gasteiger partial charge in [0.05, 0.1) is 0 Å². The zero-order valence-corrected chi connectivity index (χ0v) is 53.6. The number of unbranched alkanes of at least 4 members (excludes halogenated alkanes) is 44. The first-order valence-corrected chi connectivity index (χ1v) is 35.3. The number of esters is 3. The summed E-state index contributed by atoms with van der Waals surface area (Å²) in [5.74, 6) is -0.959. The third kappa shape index (κ3) is 65.9. The number of carbonyl (C=O) groups excluding carboxylic acids is 3. The third-order valence-corrected chi connectivity index (χ3v) is 15.8. The molecule has 6 nitrogen and oxygen atoms in total. The molecule has 0 bridgehead atoms. The van der Waals surface area contributed by atoms with Crippen LogP contribution in [0.5, 0.6) is 0 Å². The third-order valence-electron chi connectivity index (χ3n) is 15.8. The number of hydrogen-bond donors (Lipinski definition) is 0. The molecule has 1 unspecified atom stereocenters. The maximum atomic E-state index is 12.9. The monoisotopic (exact) mass is 1120 g/mol. The predicted octanol–water partition coefficient (Wildman–Crippen LogP) is 24.3. The Morgan fingerprint density at radius 3 is 0.838 bits per heavy atom. The van der Waals surface area contributed by atoms with Gasteiger partial charge in [-0.15, -0.1) is 0 Å². The van der Waals surface area contributed by atoms with Crippen LogP contribution in [0, 0.1) is 0 Å². The highest BCUT2D eigenvalue weighted by molar-refractivity contribution is 5.71. The van der Waals surface area contributed by atoms with Crippen molar-refractivity contribution in [2.45, 2.75) is 380 Å². The lowest BCUT2D eigenvalue weighted by atomic mass is 10.0. The molecule has 0 aromatic carbocycles. The van der Waals surface area contributed by atoms with Crippen molar-refractivity contribution in [1.29, 1.82) is 0 Å². The summed E-state index contributed by atoms with van der Waals surface area (Å²) < 4.78 is 16.9. The predicted molar refractivity (Wildman–Crippen MR) is 348 cm³/mol. The van der Waals surface area contributed by atoms with Crippen molar-refractivity contribution in [3.63, 3.8) is 0 Å². The number of rotatable bonds is 65. The summed E-state index contributed by atoms with van der Waals surface area (Å²) >= 11 is 0. The van der Waals surface area contributed by atoms with Gasteiger partial charge in [0.25, 0.3) is 0 Å². The van der Waals surface area contributed by atoms with Crippen molar-refractivity contribution in [1.82, 2.24) is 0 Å². The van der Waals surface area contributed by atoms with Crippen LogP contribution in [0.15, 0.2) is 60.8 Å². The Morgan fingerprint density at radius 2 is 0.512 bits per heavy atom. The maximum absolute atomic E-state index is 12.9. The van der Waals surface area contributed by atoms with Crippen LogP contribution in [0.2, 0.25) is 0 Å². The summed E-state index contributed by atoms with van der Waals surface area (Å²) in [5, 5.41) is 0. The molecule has 0 N–H and O–H groups in total. The van der Waals surface area contributed by atoms with E-state index in [-0.39, 0.29) is 37.5 Å². The Morgan fingerprint density at radius 1 is 0.263 bits per heavy atom. The Hall–Kier alpha value is -2.89. The van der Waals surface area contributed by atoms with E-state index in [1.807, 2.05) is 6.08 Å². The van der Waals surface area contributed by atoms with Crippen molar-refractivity contribution in [3.8, 4) is 0 Å². The SMILES string of the molecule is CC/C=C\C/C=C\C/C=C\C/C=C\CCC(=O)OCC(COC(=O)CCCCCCCCCCCCCCCCCCCCCCCCCCCCCC)OC(=O)CCCCCCCCCCC/C=C\CCCCCCCCCC. The fourth-order valence-corrected chi connectivity index (χ4v) is 10.5. The van der Waals surface area contributed by atoms with E-state index in [0.29, 0.717) is 19.3 Å². The molecule has 0 aliphatic carbocycles. The molecule has 1 atom stereocenters. The second-order valence-corrected chi connectivity index (χ2v) is 23.8. The van der Waals surface area contributed by atoms with Gasteiger partial charge in [-0.3, -0.25) is 14.4 Å². The first-order chi connectivity index (χ1) is 39.5. The second-order valence-electron chi connectivity index (χ2n) is 23.8. The van der Waals surface area contributed by atoms with Crippen molar-refractivity contribution in [2.24, 2.45) is 0 Å². The van der Waals surface area contributed by atoms with Gasteiger partial charge in [-0.25, -0.2) is 0 Å². The fraction of sp³-hybridized carbons (Fsp3) is 0.824. The molecule has 0 radical (unpaired) electrons. The Balaban J connectivity index is 4.23. The van der Waals surface area contributed by atoms with Gasteiger partial charge in [-0.05, 0) is 70.6 Å². The van der Waals surface area contributed by atoms with Crippen molar-refractivity contribution < 1.29 is 28.6 Å². The molecule has 0 aliphatic heterocycles. The number of carbonyl (C=O) groups is 3. The van der Waals surface area contributed by atoms with E-state index in [1.165, 1.54) is 263 Å². The quantitative estimate of drug-likeness (QED) is 0.0261. The average molecular weight is 1120 g/mol. The minimum atomic E-state index is -0.804. The van der Waals surface area contributed by atoms with Crippen LogP contribution >= 0.6 is 0 Å². The lowest BCUT2D eigenvalue weighted by Gasteiger charge is -2.18. The van der Waals surface area contributed by atoms with Crippen molar-refractivity contribution in [2.75, 3.05) is 13.2 Å². The van der Waals surface area contributed by atoms with E-state index < -0.39 is 6.10 Å². The van der Waals surface area contributed by atoms with Gasteiger partial charge < -0.3 is 14.2 Å². The van der Waals surface area contributed by atoms with Crippen LogP contribution in [-0.4, -0.2) is 37.2 Å². The smallest absolute Gasteiger partial charge is 0.306 e. The summed E-state index contributed by atoms with van der Waals surface area (Å²) in [5.41, 5.74) is 0. The van der Waals surface area contributed by atoms with Crippen LogP contribution in [0.25, 0.3) is 0 Å². The van der Waals surface area contributed by atoms with Gasteiger partial charge in [0, 0.05) is 19.3 Å². The largest absolute Gasteiger partial charge is 0.462 e. The summed E-state index contributed by atoms with van der Waals surface area (Å²) in [6.07, 6.45) is 88.5. The van der Waals surface area contributed by atoms with Gasteiger partial charge >= 0.3 is 17.9 Å². The van der Waals surface area contributed by atoms with E-state index in [1.54, 1.807) is 0 Å². The fourth-order valence-electron chi connectivity index (χ4n) is 10.5. The van der Waals surface area contributed by atoms with Gasteiger partial charge in [-0.1, -0.05) is 345 Å². The topological polar surface area (TPSA) is 78.9 Å². The van der Waals surface area contributed by atoms with E-state index in [2.05, 4.69) is 75.5 Å². The number of hydrogen-bond acceptors (Lipinski definition) is 6. The second kappa shape index (κ2) is 68.6. The zero-order valence-electron chi connectivity index (χ0n) is 53.6. The summed E-state index contributed by atoms with van der Waals surface area (Å²) in [7, 11) is 0. The van der Waals surface area contributed by atoms with E-state index in [4.69, 9.17) is 14.2 Å². The minimum Gasteiger partial charge on any atom is -0.462 e.